The predicted molar refractivity (Wildman–Crippen MR) is 133 cm³/mol. The van der Waals surface area contributed by atoms with Crippen LogP contribution >= 0.6 is 0 Å². The number of esters is 1. The summed E-state index contributed by atoms with van der Waals surface area (Å²) in [5.41, 5.74) is 0.686. The van der Waals surface area contributed by atoms with Gasteiger partial charge in [-0.25, -0.2) is 8.42 Å². The SMILES string of the molecule is COc1cc(OC)c(/C=C/S(=O)(=O)Cc2ccc(OC)c(OC(=O)CC(=O)CCC(=O)O)c2)c(OC)c1. The molecule has 0 fully saturated rings. The lowest BCUT2D eigenvalue weighted by molar-refractivity contribution is -0.141. The minimum atomic E-state index is -3.81. The van der Waals surface area contributed by atoms with Gasteiger partial charge in [-0.1, -0.05) is 6.07 Å². The molecule has 0 bridgehead atoms. The smallest absolute Gasteiger partial charge is 0.318 e. The number of methoxy groups -OCH3 is 4. The second kappa shape index (κ2) is 13.3. The molecule has 0 aliphatic rings. The molecule has 0 spiro atoms. The van der Waals surface area contributed by atoms with E-state index in [2.05, 4.69) is 0 Å². The minimum absolute atomic E-state index is 0.0753. The first-order valence-corrected chi connectivity index (χ1v) is 12.5. The summed E-state index contributed by atoms with van der Waals surface area (Å²) in [7, 11) is 1.86. The highest BCUT2D eigenvalue weighted by atomic mass is 32.2. The third kappa shape index (κ3) is 8.83. The molecule has 12 heteroatoms. The summed E-state index contributed by atoms with van der Waals surface area (Å²) in [5, 5.41) is 9.65. The Morgan fingerprint density at radius 1 is 0.838 bits per heavy atom. The van der Waals surface area contributed by atoms with Crippen LogP contribution in [-0.4, -0.2) is 59.7 Å². The molecular weight excluding hydrogens is 508 g/mol. The Kier molecular flexibility index (Phi) is 10.5. The Morgan fingerprint density at radius 2 is 1.46 bits per heavy atom. The van der Waals surface area contributed by atoms with Gasteiger partial charge in [0, 0.05) is 24.0 Å². The lowest BCUT2D eigenvalue weighted by Crippen LogP contribution is -2.15. The maximum Gasteiger partial charge on any atom is 0.318 e. The van der Waals surface area contributed by atoms with Crippen LogP contribution in [-0.2, 0) is 30.0 Å². The van der Waals surface area contributed by atoms with E-state index in [-0.39, 0.29) is 17.9 Å². The third-order valence-corrected chi connectivity index (χ3v) is 6.26. The minimum Gasteiger partial charge on any atom is -0.496 e. The van der Waals surface area contributed by atoms with Gasteiger partial charge in [0.25, 0.3) is 0 Å². The lowest BCUT2D eigenvalue weighted by atomic mass is 10.1. The van der Waals surface area contributed by atoms with E-state index in [1.165, 1.54) is 52.7 Å². The van der Waals surface area contributed by atoms with Gasteiger partial charge >= 0.3 is 11.9 Å². The number of ether oxygens (including phenoxy) is 5. The summed E-state index contributed by atoms with van der Waals surface area (Å²) in [4.78, 5) is 34.5. The largest absolute Gasteiger partial charge is 0.496 e. The summed E-state index contributed by atoms with van der Waals surface area (Å²) >= 11 is 0. The van der Waals surface area contributed by atoms with Crippen molar-refractivity contribution in [1.82, 2.24) is 0 Å². The first-order chi connectivity index (χ1) is 17.5. The fourth-order valence-electron chi connectivity index (χ4n) is 3.19. The summed E-state index contributed by atoms with van der Waals surface area (Å²) < 4.78 is 51.8. The van der Waals surface area contributed by atoms with Crippen molar-refractivity contribution in [2.45, 2.75) is 25.0 Å². The van der Waals surface area contributed by atoms with E-state index in [9.17, 15) is 22.8 Å². The van der Waals surface area contributed by atoms with Gasteiger partial charge in [0.1, 0.15) is 29.5 Å². The molecule has 1 N–H and O–H groups in total. The van der Waals surface area contributed by atoms with Gasteiger partial charge in [-0.3, -0.25) is 14.4 Å². The molecule has 0 unspecified atom stereocenters. The van der Waals surface area contributed by atoms with Crippen LogP contribution in [0.1, 0.15) is 30.4 Å². The summed E-state index contributed by atoms with van der Waals surface area (Å²) in [6.45, 7) is 0. The first-order valence-electron chi connectivity index (χ1n) is 10.8. The number of Topliss-reactive ketones (excluding diaryl/α,β-unsaturated/α-hetero) is 1. The van der Waals surface area contributed by atoms with Crippen molar-refractivity contribution >= 4 is 33.6 Å². The molecule has 200 valence electrons. The number of carbonyl (C=O) groups is 3. The molecule has 0 radical (unpaired) electrons. The van der Waals surface area contributed by atoms with Crippen LogP contribution in [0.5, 0.6) is 28.7 Å². The van der Waals surface area contributed by atoms with Gasteiger partial charge < -0.3 is 28.8 Å². The van der Waals surface area contributed by atoms with Crippen LogP contribution in [0.15, 0.2) is 35.7 Å². The predicted octanol–water partition coefficient (Wildman–Crippen LogP) is 3.04. The Balaban J connectivity index is 2.22. The molecule has 0 heterocycles. The molecule has 2 aromatic carbocycles. The number of hydrogen-bond donors (Lipinski definition) is 1. The average molecular weight is 537 g/mol. The highest BCUT2D eigenvalue weighted by Gasteiger charge is 2.18. The molecule has 0 amide bonds. The van der Waals surface area contributed by atoms with Crippen molar-refractivity contribution in [3.8, 4) is 28.7 Å². The van der Waals surface area contributed by atoms with Crippen molar-refractivity contribution in [2.24, 2.45) is 0 Å². The normalized spacial score (nSPS) is 11.1. The van der Waals surface area contributed by atoms with E-state index in [1.54, 1.807) is 12.1 Å². The van der Waals surface area contributed by atoms with Crippen LogP contribution in [0.2, 0.25) is 0 Å². The maximum absolute atomic E-state index is 12.8. The first kappa shape index (κ1) is 29.2. The number of carboxylic acid groups (broad SMARTS) is 1. The van der Waals surface area contributed by atoms with Crippen LogP contribution in [0, 0.1) is 0 Å². The molecule has 0 saturated carbocycles. The Labute approximate surface area is 214 Å². The van der Waals surface area contributed by atoms with E-state index < -0.39 is 46.2 Å². The second-order valence-corrected chi connectivity index (χ2v) is 9.51. The number of aliphatic carboxylic acids is 1. The van der Waals surface area contributed by atoms with Crippen molar-refractivity contribution in [3.05, 3.63) is 46.9 Å². The van der Waals surface area contributed by atoms with E-state index in [0.717, 1.165) is 5.41 Å². The Morgan fingerprint density at radius 3 is 2.00 bits per heavy atom. The third-order valence-electron chi connectivity index (χ3n) is 4.97. The Bertz CT molecular complexity index is 1250. The zero-order valence-corrected chi connectivity index (χ0v) is 21.6. The summed E-state index contributed by atoms with van der Waals surface area (Å²) in [6, 6.07) is 7.42. The Hall–Kier alpha value is -4.06. The molecule has 37 heavy (non-hydrogen) atoms. The van der Waals surface area contributed by atoms with E-state index in [4.69, 9.17) is 28.8 Å². The fraction of sp³-hybridized carbons (Fsp3) is 0.320. The molecule has 0 aliphatic heterocycles. The fourth-order valence-corrected chi connectivity index (χ4v) is 4.28. The molecule has 2 aromatic rings. The molecule has 0 aromatic heterocycles. The van der Waals surface area contributed by atoms with Crippen molar-refractivity contribution in [1.29, 1.82) is 0 Å². The number of sulfone groups is 1. The van der Waals surface area contributed by atoms with Gasteiger partial charge in [0.2, 0.25) is 0 Å². The zero-order chi connectivity index (χ0) is 27.6. The van der Waals surface area contributed by atoms with Crippen molar-refractivity contribution < 1.29 is 51.6 Å². The van der Waals surface area contributed by atoms with Gasteiger partial charge in [0.05, 0.1) is 46.2 Å². The molecule has 0 saturated heterocycles. The summed E-state index contributed by atoms with van der Waals surface area (Å²) in [6.07, 6.45) is 0.00733. The van der Waals surface area contributed by atoms with Crippen molar-refractivity contribution in [2.75, 3.05) is 28.4 Å². The van der Waals surface area contributed by atoms with Gasteiger partial charge in [-0.15, -0.1) is 0 Å². The number of carbonyl (C=O) groups excluding carboxylic acids is 2. The van der Waals surface area contributed by atoms with Crippen LogP contribution in [0.3, 0.4) is 0 Å². The molecular formula is C25H28O11S. The topological polar surface area (TPSA) is 152 Å². The highest BCUT2D eigenvalue weighted by molar-refractivity contribution is 7.93. The number of hydrogen-bond acceptors (Lipinski definition) is 10. The summed E-state index contributed by atoms with van der Waals surface area (Å²) in [5.74, 6) is -1.88. The van der Waals surface area contributed by atoms with Gasteiger partial charge in [-0.2, -0.15) is 0 Å². The molecule has 0 atom stereocenters. The van der Waals surface area contributed by atoms with Crippen LogP contribution in [0.25, 0.3) is 6.08 Å². The number of rotatable bonds is 14. The monoisotopic (exact) mass is 536 g/mol. The van der Waals surface area contributed by atoms with Crippen LogP contribution < -0.4 is 23.7 Å². The molecule has 2 rings (SSSR count). The highest BCUT2D eigenvalue weighted by Crippen LogP contribution is 2.35. The second-order valence-electron chi connectivity index (χ2n) is 7.62. The van der Waals surface area contributed by atoms with Gasteiger partial charge in [-0.05, 0) is 23.8 Å². The quantitative estimate of drug-likeness (QED) is 0.215. The lowest BCUT2D eigenvalue weighted by Gasteiger charge is -2.12. The number of benzene rings is 2. The van der Waals surface area contributed by atoms with E-state index >= 15 is 0 Å². The average Bonchev–Trinajstić information content (AvgIpc) is 2.85. The van der Waals surface area contributed by atoms with Crippen LogP contribution in [0.4, 0.5) is 0 Å². The van der Waals surface area contributed by atoms with E-state index in [1.807, 2.05) is 0 Å². The molecule has 0 aliphatic carbocycles. The number of ketones is 1. The van der Waals surface area contributed by atoms with Crippen molar-refractivity contribution in [3.63, 3.8) is 0 Å². The van der Waals surface area contributed by atoms with E-state index in [0.29, 0.717) is 28.4 Å². The number of carboxylic acids is 1. The van der Waals surface area contributed by atoms with Gasteiger partial charge in [0.15, 0.2) is 21.3 Å². The zero-order valence-electron chi connectivity index (χ0n) is 20.8. The standard InChI is InChI=1S/C25H28O11S/c1-32-18-13-21(34-3)19(22(14-18)35-4)9-10-37(30,31)15-16-5-7-20(33-2)23(11-16)36-25(29)12-17(26)6-8-24(27)28/h5,7,9-11,13-14H,6,8,12,15H2,1-4H3,(H,27,28)/b10-9+. The maximum atomic E-state index is 12.8. The molecule has 11 nitrogen and oxygen atoms in total.